The van der Waals surface area contributed by atoms with Crippen LogP contribution in [0.25, 0.3) is 0 Å². The molecule has 2 rings (SSSR count). The lowest BCUT2D eigenvalue weighted by Crippen LogP contribution is -2.25. The smallest absolute Gasteiger partial charge is 0.162 e. The molecule has 84 valence electrons. The van der Waals surface area contributed by atoms with Crippen LogP contribution in [-0.4, -0.2) is 5.17 Å². The van der Waals surface area contributed by atoms with Gasteiger partial charge in [0.25, 0.3) is 0 Å². The standard InChI is InChI=1S/C12H15N3S/c1-8-10(7-13)11(15-12(16)14-8)9-5-3-2-4-6-9/h9H,1-6H2,(H2,14,15,16). The summed E-state index contributed by atoms with van der Waals surface area (Å²) in [5.41, 5.74) is 2.11. The molecule has 0 atom stereocenters. The molecule has 1 aliphatic heterocycles. The maximum absolute atomic E-state index is 9.15. The lowest BCUT2D eigenvalue weighted by Gasteiger charge is -2.26. The molecule has 3 nitrogen and oxygen atoms in total. The van der Waals surface area contributed by atoms with E-state index in [9.17, 15) is 0 Å². The second-order valence-electron chi connectivity index (χ2n) is 4.25. The van der Waals surface area contributed by atoms with E-state index >= 15 is 0 Å². The summed E-state index contributed by atoms with van der Waals surface area (Å²) in [5.74, 6) is 0.407. The first-order chi connectivity index (χ1) is 7.72. The van der Waals surface area contributed by atoms with Crippen LogP contribution in [-0.2, 0) is 0 Å². The van der Waals surface area contributed by atoms with Crippen LogP contribution in [0, 0.1) is 17.2 Å². The van der Waals surface area contributed by atoms with Gasteiger partial charge in [-0.25, -0.2) is 4.99 Å². The van der Waals surface area contributed by atoms with Crippen molar-refractivity contribution in [3.05, 3.63) is 23.5 Å². The topological polar surface area (TPSA) is 48.2 Å². The van der Waals surface area contributed by atoms with Gasteiger partial charge in [0.15, 0.2) is 5.17 Å². The van der Waals surface area contributed by atoms with Crippen LogP contribution in [0.1, 0.15) is 32.1 Å². The van der Waals surface area contributed by atoms with Crippen molar-refractivity contribution in [1.29, 1.82) is 5.26 Å². The Bertz CT molecular complexity index is 408. The molecule has 2 aliphatic rings. The number of thiol groups is 1. The Morgan fingerprint density at radius 2 is 2.06 bits per heavy atom. The highest BCUT2D eigenvalue weighted by atomic mass is 32.1. The van der Waals surface area contributed by atoms with Crippen molar-refractivity contribution in [3.8, 4) is 6.07 Å². The molecule has 0 spiro atoms. The van der Waals surface area contributed by atoms with Crippen LogP contribution in [0.4, 0.5) is 0 Å². The van der Waals surface area contributed by atoms with E-state index in [2.05, 4.69) is 35.6 Å². The molecular weight excluding hydrogens is 218 g/mol. The quantitative estimate of drug-likeness (QED) is 0.684. The summed E-state index contributed by atoms with van der Waals surface area (Å²) in [6.45, 7) is 3.84. The van der Waals surface area contributed by atoms with E-state index in [1.54, 1.807) is 0 Å². The van der Waals surface area contributed by atoms with Crippen LogP contribution in [0.2, 0.25) is 0 Å². The fourth-order valence-electron chi connectivity index (χ4n) is 2.35. The van der Waals surface area contributed by atoms with E-state index in [0.29, 0.717) is 22.4 Å². The lowest BCUT2D eigenvalue weighted by atomic mass is 9.85. The van der Waals surface area contributed by atoms with Gasteiger partial charge in [-0.05, 0) is 12.8 Å². The molecule has 0 aromatic heterocycles. The molecule has 0 bridgehead atoms. The summed E-state index contributed by atoms with van der Waals surface area (Å²) in [5, 5.41) is 12.6. The largest absolute Gasteiger partial charge is 0.334 e. The number of rotatable bonds is 1. The summed E-state index contributed by atoms with van der Waals surface area (Å²) in [4.78, 5) is 4.37. The molecule has 1 fully saturated rings. The van der Waals surface area contributed by atoms with E-state index in [-0.39, 0.29) is 0 Å². The Kier molecular flexibility index (Phi) is 3.35. The highest BCUT2D eigenvalue weighted by Gasteiger charge is 2.25. The molecule has 1 saturated carbocycles. The Balaban J connectivity index is 2.34. The van der Waals surface area contributed by atoms with E-state index in [1.807, 2.05) is 0 Å². The lowest BCUT2D eigenvalue weighted by molar-refractivity contribution is 0.399. The average Bonchev–Trinajstić information content (AvgIpc) is 2.29. The summed E-state index contributed by atoms with van der Waals surface area (Å²) in [7, 11) is 0. The number of nitrogens with zero attached hydrogens (tertiary/aromatic N) is 2. The van der Waals surface area contributed by atoms with Crippen molar-refractivity contribution < 1.29 is 0 Å². The monoisotopic (exact) mass is 233 g/mol. The zero-order valence-electron chi connectivity index (χ0n) is 9.16. The molecule has 0 unspecified atom stereocenters. The van der Waals surface area contributed by atoms with Crippen LogP contribution >= 0.6 is 12.6 Å². The minimum absolute atomic E-state index is 0.407. The Morgan fingerprint density at radius 3 is 2.69 bits per heavy atom. The van der Waals surface area contributed by atoms with Crippen molar-refractivity contribution in [2.45, 2.75) is 32.1 Å². The first-order valence-corrected chi connectivity index (χ1v) is 6.05. The van der Waals surface area contributed by atoms with Gasteiger partial charge < -0.3 is 5.32 Å². The van der Waals surface area contributed by atoms with Crippen molar-refractivity contribution in [2.24, 2.45) is 10.9 Å². The second kappa shape index (κ2) is 4.75. The maximum Gasteiger partial charge on any atom is 0.162 e. The molecule has 1 aliphatic carbocycles. The van der Waals surface area contributed by atoms with Crippen molar-refractivity contribution in [2.75, 3.05) is 0 Å². The third kappa shape index (κ3) is 2.14. The Hall–Kier alpha value is -1.21. The maximum atomic E-state index is 9.15. The molecule has 0 saturated heterocycles. The minimum atomic E-state index is 0.407. The normalized spacial score (nSPS) is 22.5. The number of amidine groups is 1. The third-order valence-electron chi connectivity index (χ3n) is 3.15. The van der Waals surface area contributed by atoms with E-state index in [1.165, 1.54) is 19.3 Å². The van der Waals surface area contributed by atoms with Crippen LogP contribution in [0.5, 0.6) is 0 Å². The number of nitriles is 1. The number of allylic oxidation sites excluding steroid dienone is 2. The van der Waals surface area contributed by atoms with Gasteiger partial charge in [0.2, 0.25) is 0 Å². The summed E-state index contributed by atoms with van der Waals surface area (Å²) in [6.07, 6.45) is 5.99. The first-order valence-electron chi connectivity index (χ1n) is 5.60. The summed E-state index contributed by atoms with van der Waals surface area (Å²) >= 11 is 4.21. The summed E-state index contributed by atoms with van der Waals surface area (Å²) < 4.78 is 0. The molecule has 16 heavy (non-hydrogen) atoms. The molecule has 0 aromatic rings. The average molecular weight is 233 g/mol. The molecular formula is C12H15N3S. The number of hydrogen-bond donors (Lipinski definition) is 2. The van der Waals surface area contributed by atoms with E-state index in [4.69, 9.17) is 5.26 Å². The predicted molar refractivity (Wildman–Crippen MR) is 67.9 cm³/mol. The molecule has 0 radical (unpaired) electrons. The molecule has 0 aromatic carbocycles. The van der Waals surface area contributed by atoms with Gasteiger partial charge in [0.05, 0.1) is 17.0 Å². The van der Waals surface area contributed by atoms with Crippen LogP contribution < -0.4 is 5.32 Å². The van der Waals surface area contributed by atoms with Gasteiger partial charge in [-0.1, -0.05) is 25.8 Å². The van der Waals surface area contributed by atoms with Gasteiger partial charge >= 0.3 is 0 Å². The van der Waals surface area contributed by atoms with Gasteiger partial charge in [-0.2, -0.15) is 5.26 Å². The number of nitrogens with one attached hydrogen (secondary N) is 1. The number of aliphatic imine (C=N–C) groups is 1. The van der Waals surface area contributed by atoms with E-state index in [0.717, 1.165) is 18.5 Å². The van der Waals surface area contributed by atoms with Gasteiger partial charge in [-0.3, -0.25) is 0 Å². The van der Waals surface area contributed by atoms with Crippen molar-refractivity contribution in [3.63, 3.8) is 0 Å². The molecule has 1 heterocycles. The Morgan fingerprint density at radius 1 is 1.38 bits per heavy atom. The summed E-state index contributed by atoms with van der Waals surface area (Å²) in [6, 6.07) is 2.20. The van der Waals surface area contributed by atoms with Crippen LogP contribution in [0.3, 0.4) is 0 Å². The van der Waals surface area contributed by atoms with Crippen molar-refractivity contribution >= 4 is 17.8 Å². The Labute approximate surface area is 101 Å². The molecule has 1 N–H and O–H groups in total. The van der Waals surface area contributed by atoms with Gasteiger partial charge in [-0.15, -0.1) is 12.6 Å². The fourth-order valence-corrected chi connectivity index (χ4v) is 2.59. The number of hydrogen-bond acceptors (Lipinski definition) is 3. The molecule has 0 amide bonds. The zero-order valence-corrected chi connectivity index (χ0v) is 10.1. The second-order valence-corrected chi connectivity index (χ2v) is 4.67. The minimum Gasteiger partial charge on any atom is -0.334 e. The van der Waals surface area contributed by atoms with Crippen LogP contribution in [0.15, 0.2) is 28.5 Å². The van der Waals surface area contributed by atoms with E-state index < -0.39 is 0 Å². The zero-order chi connectivity index (χ0) is 11.5. The fraction of sp³-hybridized carbons (Fsp3) is 0.500. The predicted octanol–water partition coefficient (Wildman–Crippen LogP) is 2.75. The van der Waals surface area contributed by atoms with Gasteiger partial charge in [0.1, 0.15) is 6.07 Å². The highest BCUT2D eigenvalue weighted by Crippen LogP contribution is 2.34. The van der Waals surface area contributed by atoms with Crippen molar-refractivity contribution in [1.82, 2.24) is 5.32 Å². The first kappa shape index (κ1) is 11.3. The molecule has 4 heteroatoms. The highest BCUT2D eigenvalue weighted by molar-refractivity contribution is 7.96. The SMILES string of the molecule is C=C1NC(S)=NC(C2CCCCC2)=C1C#N. The third-order valence-corrected chi connectivity index (χ3v) is 3.36. The van der Waals surface area contributed by atoms with Gasteiger partial charge in [0, 0.05) is 5.92 Å².